The van der Waals surface area contributed by atoms with Crippen molar-refractivity contribution in [2.24, 2.45) is 0 Å². The van der Waals surface area contributed by atoms with Crippen molar-refractivity contribution >= 4 is 40.7 Å². The third kappa shape index (κ3) is 8.83. The van der Waals surface area contributed by atoms with E-state index in [0.717, 1.165) is 29.8 Å². The van der Waals surface area contributed by atoms with E-state index in [1.807, 2.05) is 42.5 Å². The van der Waals surface area contributed by atoms with Gasteiger partial charge in [-0.1, -0.05) is 66.0 Å². The number of nitrogens with one attached hydrogen (secondary N) is 1. The minimum atomic E-state index is -0.299. The van der Waals surface area contributed by atoms with E-state index in [0.29, 0.717) is 47.2 Å². The molecule has 39 heavy (non-hydrogen) atoms. The number of benzene rings is 3. The van der Waals surface area contributed by atoms with Gasteiger partial charge >= 0.3 is 0 Å². The molecule has 2 amide bonds. The molecule has 3 aromatic rings. The Morgan fingerprint density at radius 2 is 1.64 bits per heavy atom. The zero-order valence-corrected chi connectivity index (χ0v) is 23.3. The lowest BCUT2D eigenvalue weighted by atomic mass is 10.0. The van der Waals surface area contributed by atoms with Crippen LogP contribution in [0.4, 0.5) is 5.69 Å². The number of nitriles is 1. The molecule has 0 unspecified atom stereocenters. The first-order valence-corrected chi connectivity index (χ1v) is 14.0. The molecule has 1 aliphatic rings. The van der Waals surface area contributed by atoms with Crippen molar-refractivity contribution in [1.29, 1.82) is 5.26 Å². The summed E-state index contributed by atoms with van der Waals surface area (Å²) in [5.74, 6) is -0.336. The summed E-state index contributed by atoms with van der Waals surface area (Å²) in [6.45, 7) is 3.12. The van der Waals surface area contributed by atoms with Crippen LogP contribution in [0.2, 0.25) is 10.0 Å². The van der Waals surface area contributed by atoms with E-state index in [1.165, 1.54) is 19.3 Å². The van der Waals surface area contributed by atoms with Crippen molar-refractivity contribution in [3.63, 3.8) is 0 Å². The minimum absolute atomic E-state index is 0.0372. The molecule has 202 valence electrons. The summed E-state index contributed by atoms with van der Waals surface area (Å²) in [5.41, 5.74) is 4.17. The van der Waals surface area contributed by atoms with E-state index in [-0.39, 0.29) is 18.4 Å². The molecular formula is C31H32Cl2N4O2. The number of nitrogens with zero attached hydrogens (tertiary/aromatic N) is 3. The van der Waals surface area contributed by atoms with Crippen molar-refractivity contribution in [3.05, 3.63) is 87.9 Å². The van der Waals surface area contributed by atoms with Crippen LogP contribution in [-0.2, 0) is 16.0 Å². The van der Waals surface area contributed by atoms with E-state index in [2.05, 4.69) is 16.3 Å². The molecule has 0 bridgehead atoms. The highest BCUT2D eigenvalue weighted by Crippen LogP contribution is 2.23. The molecule has 0 atom stereocenters. The second kappa shape index (κ2) is 14.1. The second-order valence-corrected chi connectivity index (χ2v) is 10.7. The first-order chi connectivity index (χ1) is 18.9. The Bertz CT molecular complexity index is 1310. The standard InChI is InChI=1S/C31H32Cl2N4O2/c32-27-18-28(33)20-29(19-27)35-30(38)22-37(31(39)12-15-36-13-2-1-3-14-36)16-11-23-7-9-25(10-8-23)26-6-4-5-24(17-26)21-34/h4-10,17-20H,1-3,11-16,22H2,(H,35,38). The Kier molecular flexibility index (Phi) is 10.4. The molecule has 1 heterocycles. The first-order valence-electron chi connectivity index (χ1n) is 13.3. The van der Waals surface area contributed by atoms with Gasteiger partial charge in [-0.3, -0.25) is 9.59 Å². The van der Waals surface area contributed by atoms with Crippen LogP contribution in [-0.4, -0.2) is 54.3 Å². The number of anilines is 1. The number of amides is 2. The average Bonchev–Trinajstić information content (AvgIpc) is 2.94. The molecule has 8 heteroatoms. The van der Waals surface area contributed by atoms with Gasteiger partial charge in [0.25, 0.3) is 0 Å². The van der Waals surface area contributed by atoms with E-state index in [1.54, 1.807) is 29.2 Å². The van der Waals surface area contributed by atoms with Crippen LogP contribution in [0.5, 0.6) is 0 Å². The molecule has 4 rings (SSSR count). The number of carbonyl (C=O) groups excluding carboxylic acids is 2. The summed E-state index contributed by atoms with van der Waals surface area (Å²) in [4.78, 5) is 30.1. The molecule has 1 saturated heterocycles. The minimum Gasteiger partial charge on any atom is -0.333 e. The summed E-state index contributed by atoms with van der Waals surface area (Å²) in [5, 5.41) is 12.8. The lowest BCUT2D eigenvalue weighted by Crippen LogP contribution is -2.41. The summed E-state index contributed by atoms with van der Waals surface area (Å²) < 4.78 is 0. The van der Waals surface area contributed by atoms with Crippen LogP contribution in [0.25, 0.3) is 11.1 Å². The fourth-order valence-electron chi connectivity index (χ4n) is 4.78. The topological polar surface area (TPSA) is 76.4 Å². The second-order valence-electron chi connectivity index (χ2n) is 9.81. The van der Waals surface area contributed by atoms with Gasteiger partial charge in [0, 0.05) is 35.2 Å². The molecule has 6 nitrogen and oxygen atoms in total. The first kappa shape index (κ1) is 28.6. The number of likely N-dealkylation sites (tertiary alicyclic amines) is 1. The molecule has 1 N–H and O–H groups in total. The fourth-order valence-corrected chi connectivity index (χ4v) is 5.31. The summed E-state index contributed by atoms with van der Waals surface area (Å²) in [7, 11) is 0. The van der Waals surface area contributed by atoms with E-state index in [9.17, 15) is 14.9 Å². The molecule has 0 radical (unpaired) electrons. The average molecular weight is 564 g/mol. The van der Waals surface area contributed by atoms with Crippen LogP contribution in [0.3, 0.4) is 0 Å². The Hall–Kier alpha value is -3.37. The number of hydrogen-bond donors (Lipinski definition) is 1. The maximum atomic E-state index is 13.3. The molecular weight excluding hydrogens is 531 g/mol. The van der Waals surface area contributed by atoms with Gasteiger partial charge < -0.3 is 15.1 Å². The Morgan fingerprint density at radius 3 is 2.33 bits per heavy atom. The molecule has 0 saturated carbocycles. The Labute approximate surface area is 240 Å². The zero-order chi connectivity index (χ0) is 27.6. The maximum absolute atomic E-state index is 13.3. The van der Waals surface area contributed by atoms with Crippen molar-refractivity contribution in [2.45, 2.75) is 32.1 Å². The van der Waals surface area contributed by atoms with Gasteiger partial charge in [-0.25, -0.2) is 0 Å². The number of hydrogen-bond acceptors (Lipinski definition) is 4. The molecule has 3 aromatic carbocycles. The van der Waals surface area contributed by atoms with Gasteiger partial charge in [-0.2, -0.15) is 5.26 Å². The Balaban J connectivity index is 1.40. The van der Waals surface area contributed by atoms with Gasteiger partial charge in [0.2, 0.25) is 11.8 Å². The van der Waals surface area contributed by atoms with Crippen LogP contribution in [0.15, 0.2) is 66.7 Å². The fraction of sp³-hybridized carbons (Fsp3) is 0.323. The quantitative estimate of drug-likeness (QED) is 0.309. The van der Waals surface area contributed by atoms with Gasteiger partial charge in [0.1, 0.15) is 0 Å². The highest BCUT2D eigenvalue weighted by molar-refractivity contribution is 6.35. The van der Waals surface area contributed by atoms with Crippen LogP contribution in [0, 0.1) is 11.3 Å². The molecule has 1 aliphatic heterocycles. The van der Waals surface area contributed by atoms with Crippen molar-refractivity contribution in [2.75, 3.05) is 38.0 Å². The van der Waals surface area contributed by atoms with Crippen LogP contribution < -0.4 is 5.32 Å². The van der Waals surface area contributed by atoms with Crippen molar-refractivity contribution < 1.29 is 9.59 Å². The molecule has 0 aromatic heterocycles. The van der Waals surface area contributed by atoms with Crippen molar-refractivity contribution in [3.8, 4) is 17.2 Å². The van der Waals surface area contributed by atoms with E-state index < -0.39 is 0 Å². The SMILES string of the molecule is N#Cc1cccc(-c2ccc(CCN(CC(=O)Nc3cc(Cl)cc(Cl)c3)C(=O)CCN3CCCCC3)cc2)c1. The van der Waals surface area contributed by atoms with Gasteiger partial charge in [-0.15, -0.1) is 0 Å². The number of carbonyl (C=O) groups is 2. The third-order valence-electron chi connectivity index (χ3n) is 6.87. The van der Waals surface area contributed by atoms with Gasteiger partial charge in [0.15, 0.2) is 0 Å². The van der Waals surface area contributed by atoms with Crippen LogP contribution in [0.1, 0.15) is 36.8 Å². The summed E-state index contributed by atoms with van der Waals surface area (Å²) >= 11 is 12.1. The largest absolute Gasteiger partial charge is 0.333 e. The predicted octanol–water partition coefficient (Wildman–Crippen LogP) is 6.42. The maximum Gasteiger partial charge on any atom is 0.243 e. The number of rotatable bonds is 10. The van der Waals surface area contributed by atoms with Gasteiger partial charge in [0.05, 0.1) is 18.2 Å². The zero-order valence-electron chi connectivity index (χ0n) is 21.8. The van der Waals surface area contributed by atoms with Crippen molar-refractivity contribution in [1.82, 2.24) is 9.80 Å². The Morgan fingerprint density at radius 1 is 0.923 bits per heavy atom. The third-order valence-corrected chi connectivity index (χ3v) is 7.31. The lowest BCUT2D eigenvalue weighted by molar-refractivity contribution is -0.135. The number of halogens is 2. The lowest BCUT2D eigenvalue weighted by Gasteiger charge is -2.28. The highest BCUT2D eigenvalue weighted by atomic mass is 35.5. The van der Waals surface area contributed by atoms with E-state index in [4.69, 9.17) is 23.2 Å². The van der Waals surface area contributed by atoms with Crippen LogP contribution >= 0.6 is 23.2 Å². The molecule has 0 aliphatic carbocycles. The summed E-state index contributed by atoms with van der Waals surface area (Å²) in [6, 6.07) is 22.6. The monoisotopic (exact) mass is 562 g/mol. The predicted molar refractivity (Wildman–Crippen MR) is 157 cm³/mol. The normalized spacial score (nSPS) is 13.5. The van der Waals surface area contributed by atoms with E-state index >= 15 is 0 Å². The smallest absolute Gasteiger partial charge is 0.243 e. The molecule has 1 fully saturated rings. The number of piperidine rings is 1. The molecule has 0 spiro atoms. The highest BCUT2D eigenvalue weighted by Gasteiger charge is 2.19. The summed E-state index contributed by atoms with van der Waals surface area (Å²) in [6.07, 6.45) is 4.57. The van der Waals surface area contributed by atoms with Gasteiger partial charge in [-0.05, 0) is 79.4 Å².